The van der Waals surface area contributed by atoms with Gasteiger partial charge in [0.05, 0.1) is 12.5 Å². The number of fused-ring (bicyclic) bond motifs is 1. The molecule has 2 N–H and O–H groups in total. The summed E-state index contributed by atoms with van der Waals surface area (Å²) >= 11 is 0. The number of aliphatic carboxylic acids is 1. The molecule has 2 aliphatic rings. The smallest absolute Gasteiger partial charge is 0.307 e. The van der Waals surface area contributed by atoms with Gasteiger partial charge in [0.1, 0.15) is 0 Å². The summed E-state index contributed by atoms with van der Waals surface area (Å²) in [6.45, 7) is 2.02. The first kappa shape index (κ1) is 9.06. The second kappa shape index (κ2) is 3.33. The Kier molecular flexibility index (Phi) is 2.15. The van der Waals surface area contributed by atoms with Crippen molar-refractivity contribution in [2.24, 2.45) is 5.92 Å². The van der Waals surface area contributed by atoms with Gasteiger partial charge in [-0.15, -0.1) is 0 Å². The largest absolute Gasteiger partial charge is 0.481 e. The molecular weight excluding hydrogens is 178 g/mol. The zero-order chi connectivity index (χ0) is 10.1. The molecule has 2 unspecified atom stereocenters. The molecule has 0 saturated carbocycles. The molecule has 0 saturated heterocycles. The Labute approximate surface area is 82.8 Å². The van der Waals surface area contributed by atoms with E-state index in [4.69, 9.17) is 5.11 Å². The molecule has 3 nitrogen and oxygen atoms in total. The number of allylic oxidation sites excluding steroid dienone is 2. The zero-order valence-corrected chi connectivity index (χ0v) is 8.03. The fourth-order valence-electron chi connectivity index (χ4n) is 1.94. The number of carbonyl (C=O) groups is 1. The second-order valence-corrected chi connectivity index (χ2v) is 3.77. The first-order valence-corrected chi connectivity index (χ1v) is 4.71. The van der Waals surface area contributed by atoms with Gasteiger partial charge < -0.3 is 10.4 Å². The average molecular weight is 191 g/mol. The van der Waals surface area contributed by atoms with Crippen LogP contribution in [0.4, 0.5) is 0 Å². The molecule has 0 fully saturated rings. The van der Waals surface area contributed by atoms with Gasteiger partial charge in [-0.05, 0) is 12.5 Å². The Morgan fingerprint density at radius 1 is 1.57 bits per heavy atom. The SMILES string of the molecule is CC1=CC2C=CC(CC(=O)O)=CC2N1. The van der Waals surface area contributed by atoms with Gasteiger partial charge in [-0.2, -0.15) is 0 Å². The third-order valence-electron chi connectivity index (χ3n) is 2.53. The van der Waals surface area contributed by atoms with Crippen LogP contribution in [-0.2, 0) is 4.79 Å². The molecule has 0 amide bonds. The summed E-state index contributed by atoms with van der Waals surface area (Å²) in [5.41, 5.74) is 2.05. The van der Waals surface area contributed by atoms with Crippen molar-refractivity contribution in [3.63, 3.8) is 0 Å². The van der Waals surface area contributed by atoms with Crippen LogP contribution in [0.2, 0.25) is 0 Å². The van der Waals surface area contributed by atoms with Crippen LogP contribution in [0.5, 0.6) is 0 Å². The van der Waals surface area contributed by atoms with Crippen molar-refractivity contribution in [3.8, 4) is 0 Å². The minimum Gasteiger partial charge on any atom is -0.481 e. The van der Waals surface area contributed by atoms with Gasteiger partial charge in [-0.25, -0.2) is 0 Å². The fourth-order valence-corrected chi connectivity index (χ4v) is 1.94. The highest BCUT2D eigenvalue weighted by molar-refractivity contribution is 5.71. The van der Waals surface area contributed by atoms with Crippen LogP contribution in [0, 0.1) is 5.92 Å². The predicted molar refractivity (Wildman–Crippen MR) is 53.6 cm³/mol. The van der Waals surface area contributed by atoms with Crippen LogP contribution >= 0.6 is 0 Å². The van der Waals surface area contributed by atoms with E-state index in [2.05, 4.69) is 17.5 Å². The number of carboxylic acid groups (broad SMARTS) is 1. The molecule has 2 atom stereocenters. The quantitative estimate of drug-likeness (QED) is 0.694. The van der Waals surface area contributed by atoms with Crippen molar-refractivity contribution in [3.05, 3.63) is 35.6 Å². The Morgan fingerprint density at radius 3 is 3.07 bits per heavy atom. The van der Waals surface area contributed by atoms with E-state index in [0.717, 1.165) is 11.3 Å². The van der Waals surface area contributed by atoms with E-state index in [1.54, 1.807) is 0 Å². The Morgan fingerprint density at radius 2 is 2.36 bits per heavy atom. The van der Waals surface area contributed by atoms with Crippen molar-refractivity contribution < 1.29 is 9.90 Å². The summed E-state index contributed by atoms with van der Waals surface area (Å²) in [5.74, 6) is -0.380. The highest BCUT2D eigenvalue weighted by atomic mass is 16.4. The minimum atomic E-state index is -0.776. The molecule has 0 aromatic carbocycles. The van der Waals surface area contributed by atoms with E-state index in [0.29, 0.717) is 5.92 Å². The van der Waals surface area contributed by atoms with Gasteiger partial charge in [-0.1, -0.05) is 24.3 Å². The maximum absolute atomic E-state index is 10.5. The highest BCUT2D eigenvalue weighted by Gasteiger charge is 2.24. The van der Waals surface area contributed by atoms with E-state index in [-0.39, 0.29) is 12.5 Å². The van der Waals surface area contributed by atoms with Gasteiger partial charge in [0, 0.05) is 11.6 Å². The molecule has 0 aromatic heterocycles. The van der Waals surface area contributed by atoms with E-state index in [1.165, 1.54) is 0 Å². The van der Waals surface area contributed by atoms with Crippen LogP contribution in [0.1, 0.15) is 13.3 Å². The first-order valence-electron chi connectivity index (χ1n) is 4.71. The van der Waals surface area contributed by atoms with E-state index >= 15 is 0 Å². The van der Waals surface area contributed by atoms with Gasteiger partial charge in [0.15, 0.2) is 0 Å². The van der Waals surface area contributed by atoms with Crippen LogP contribution < -0.4 is 5.32 Å². The van der Waals surface area contributed by atoms with Gasteiger partial charge in [-0.3, -0.25) is 4.79 Å². The van der Waals surface area contributed by atoms with Crippen LogP contribution in [0.25, 0.3) is 0 Å². The third kappa shape index (κ3) is 1.71. The lowest BCUT2D eigenvalue weighted by Gasteiger charge is -2.18. The maximum Gasteiger partial charge on any atom is 0.307 e. The van der Waals surface area contributed by atoms with Gasteiger partial charge >= 0.3 is 5.97 Å². The van der Waals surface area contributed by atoms with E-state index < -0.39 is 5.97 Å². The molecule has 3 heteroatoms. The summed E-state index contributed by atoms with van der Waals surface area (Å²) in [4.78, 5) is 10.5. The lowest BCUT2D eigenvalue weighted by Crippen LogP contribution is -2.27. The Balaban J connectivity index is 2.10. The maximum atomic E-state index is 10.5. The van der Waals surface area contributed by atoms with Crippen LogP contribution in [0.3, 0.4) is 0 Å². The molecule has 0 spiro atoms. The number of hydrogen-bond acceptors (Lipinski definition) is 2. The topological polar surface area (TPSA) is 49.3 Å². The molecule has 14 heavy (non-hydrogen) atoms. The van der Waals surface area contributed by atoms with Crippen LogP contribution in [0.15, 0.2) is 35.6 Å². The van der Waals surface area contributed by atoms with Crippen LogP contribution in [-0.4, -0.2) is 17.1 Å². The van der Waals surface area contributed by atoms with E-state index in [1.807, 2.05) is 19.1 Å². The Bertz CT molecular complexity index is 352. The fraction of sp³-hybridized carbons (Fsp3) is 0.364. The number of hydrogen-bond donors (Lipinski definition) is 2. The number of rotatable bonds is 2. The average Bonchev–Trinajstić information content (AvgIpc) is 2.42. The van der Waals surface area contributed by atoms with E-state index in [9.17, 15) is 4.79 Å². The normalized spacial score (nSPS) is 28.9. The predicted octanol–water partition coefficient (Wildman–Crippen LogP) is 1.45. The highest BCUT2D eigenvalue weighted by Crippen LogP contribution is 2.25. The van der Waals surface area contributed by atoms with Gasteiger partial charge in [0.2, 0.25) is 0 Å². The molecule has 2 rings (SSSR count). The second-order valence-electron chi connectivity index (χ2n) is 3.77. The number of carboxylic acids is 1. The summed E-state index contributed by atoms with van der Waals surface area (Å²) in [7, 11) is 0. The van der Waals surface area contributed by atoms with Crippen molar-refractivity contribution in [2.75, 3.05) is 0 Å². The molecule has 0 aromatic rings. The van der Waals surface area contributed by atoms with Crippen molar-refractivity contribution in [2.45, 2.75) is 19.4 Å². The molecule has 1 heterocycles. The Hall–Kier alpha value is -1.51. The molecule has 0 bridgehead atoms. The number of nitrogens with one attached hydrogen (secondary N) is 1. The molecular formula is C11H13NO2. The first-order chi connectivity index (χ1) is 6.65. The summed E-state index contributed by atoms with van der Waals surface area (Å²) in [6, 6.07) is 0.259. The standard InChI is InChI=1S/C11H13NO2/c1-7-4-9-3-2-8(6-11(13)14)5-10(9)12-7/h2-5,9-10,12H,6H2,1H3,(H,13,14). The molecule has 74 valence electrons. The van der Waals surface area contributed by atoms with Crippen molar-refractivity contribution in [1.82, 2.24) is 5.32 Å². The van der Waals surface area contributed by atoms with Gasteiger partial charge in [0.25, 0.3) is 0 Å². The lowest BCUT2D eigenvalue weighted by atomic mass is 9.92. The molecule has 1 aliphatic heterocycles. The summed E-state index contributed by atoms with van der Waals surface area (Å²) in [6.07, 6.45) is 8.25. The zero-order valence-electron chi connectivity index (χ0n) is 8.03. The lowest BCUT2D eigenvalue weighted by molar-refractivity contribution is -0.136. The minimum absolute atomic E-state index is 0.112. The molecule has 1 aliphatic carbocycles. The molecule has 0 radical (unpaired) electrons. The monoisotopic (exact) mass is 191 g/mol. The van der Waals surface area contributed by atoms with Crippen molar-refractivity contribution >= 4 is 5.97 Å². The summed E-state index contributed by atoms with van der Waals surface area (Å²) in [5, 5.41) is 11.9. The van der Waals surface area contributed by atoms with Crippen molar-refractivity contribution in [1.29, 1.82) is 0 Å². The summed E-state index contributed by atoms with van der Waals surface area (Å²) < 4.78 is 0. The third-order valence-corrected chi connectivity index (χ3v) is 2.53.